The summed E-state index contributed by atoms with van der Waals surface area (Å²) in [5.74, 6) is -0.0537. The maximum absolute atomic E-state index is 14.3. The van der Waals surface area contributed by atoms with Crippen LogP contribution < -0.4 is 15.5 Å². The number of amides is 1. The number of pyridine rings is 1. The van der Waals surface area contributed by atoms with Crippen molar-refractivity contribution in [3.05, 3.63) is 105 Å². The zero-order chi connectivity index (χ0) is 24.5. The average molecular weight is 534 g/mol. The molecule has 3 heterocycles. The van der Waals surface area contributed by atoms with Crippen molar-refractivity contribution in [2.24, 2.45) is 7.05 Å². The number of rotatable bonds is 5. The van der Waals surface area contributed by atoms with E-state index >= 15 is 0 Å². The minimum atomic E-state index is -0.712. The quantitative estimate of drug-likeness (QED) is 0.340. The summed E-state index contributed by atoms with van der Waals surface area (Å²) in [7, 11) is 1.91. The van der Waals surface area contributed by atoms with Crippen molar-refractivity contribution in [3.8, 4) is 17.2 Å². The Labute approximate surface area is 206 Å². The molecule has 0 saturated heterocycles. The number of carbonyl (C=O) groups is 1. The van der Waals surface area contributed by atoms with E-state index in [9.17, 15) is 14.0 Å². The maximum Gasteiger partial charge on any atom is 0.280 e. The average Bonchev–Trinajstić information content (AvgIpc) is 3.22. The standard InChI is InChI=1S/C25H17BrFN5O3/c1-31-12-9-18-22(8-11-28-24(18)31)35-17-5-3-16(4-6-17)29-25(34)23-21(33)10-13-32(30-23)20-7-2-15(26)14-19(20)27/h2-14H,1H3,(H,29,34). The van der Waals surface area contributed by atoms with Crippen LogP contribution in [0.3, 0.4) is 0 Å². The van der Waals surface area contributed by atoms with Crippen LogP contribution in [0, 0.1) is 5.82 Å². The summed E-state index contributed by atoms with van der Waals surface area (Å²) in [4.78, 5) is 29.4. The van der Waals surface area contributed by atoms with E-state index in [4.69, 9.17) is 4.74 Å². The first kappa shape index (κ1) is 22.5. The van der Waals surface area contributed by atoms with Gasteiger partial charge < -0.3 is 14.6 Å². The summed E-state index contributed by atoms with van der Waals surface area (Å²) in [5, 5.41) is 7.55. The molecule has 0 aliphatic heterocycles. The molecule has 0 atom stereocenters. The lowest BCUT2D eigenvalue weighted by Gasteiger charge is -2.10. The van der Waals surface area contributed by atoms with Gasteiger partial charge in [-0.3, -0.25) is 9.59 Å². The van der Waals surface area contributed by atoms with Crippen molar-refractivity contribution in [3.63, 3.8) is 0 Å². The van der Waals surface area contributed by atoms with E-state index < -0.39 is 17.2 Å². The van der Waals surface area contributed by atoms with Crippen molar-refractivity contribution >= 4 is 38.6 Å². The first-order valence-electron chi connectivity index (χ1n) is 10.4. The van der Waals surface area contributed by atoms with Crippen LogP contribution in [-0.4, -0.2) is 25.2 Å². The third-order valence-electron chi connectivity index (χ3n) is 5.25. The van der Waals surface area contributed by atoms with Crippen LogP contribution in [0.5, 0.6) is 11.5 Å². The smallest absolute Gasteiger partial charge is 0.280 e. The number of carbonyl (C=O) groups excluding carboxylic acids is 1. The number of hydrogen-bond acceptors (Lipinski definition) is 5. The Morgan fingerprint density at radius 2 is 1.86 bits per heavy atom. The van der Waals surface area contributed by atoms with Gasteiger partial charge in [-0.15, -0.1) is 0 Å². The first-order chi connectivity index (χ1) is 16.9. The van der Waals surface area contributed by atoms with Crippen LogP contribution in [0.1, 0.15) is 10.5 Å². The molecule has 3 aromatic heterocycles. The molecular weight excluding hydrogens is 517 g/mol. The fourth-order valence-electron chi connectivity index (χ4n) is 3.52. The van der Waals surface area contributed by atoms with Crippen LogP contribution >= 0.6 is 15.9 Å². The van der Waals surface area contributed by atoms with Gasteiger partial charge in [0.2, 0.25) is 5.43 Å². The fourth-order valence-corrected chi connectivity index (χ4v) is 3.85. The summed E-state index contributed by atoms with van der Waals surface area (Å²) >= 11 is 3.19. The summed E-state index contributed by atoms with van der Waals surface area (Å²) in [6, 6.07) is 15.9. The van der Waals surface area contributed by atoms with Crippen LogP contribution in [0.15, 0.2) is 88.5 Å². The van der Waals surface area contributed by atoms with Crippen molar-refractivity contribution < 1.29 is 13.9 Å². The van der Waals surface area contributed by atoms with Gasteiger partial charge in [-0.25, -0.2) is 14.1 Å². The zero-order valence-corrected chi connectivity index (χ0v) is 19.9. The zero-order valence-electron chi connectivity index (χ0n) is 18.3. The maximum atomic E-state index is 14.3. The number of nitrogens with zero attached hydrogens (tertiary/aromatic N) is 4. The number of ether oxygens (including phenoxy) is 1. The van der Waals surface area contributed by atoms with Gasteiger partial charge in [0, 0.05) is 41.9 Å². The number of anilines is 1. The Hall–Kier alpha value is -4.31. The number of aryl methyl sites for hydroxylation is 1. The molecule has 8 nitrogen and oxygen atoms in total. The minimum Gasteiger partial charge on any atom is -0.457 e. The van der Waals surface area contributed by atoms with Gasteiger partial charge in [0.05, 0.1) is 5.39 Å². The predicted molar refractivity (Wildman–Crippen MR) is 133 cm³/mol. The normalized spacial score (nSPS) is 10.9. The SMILES string of the molecule is Cn1ccc2c(Oc3ccc(NC(=O)c4nn(-c5ccc(Br)cc5F)ccc4=O)cc3)ccnc21. The number of fused-ring (bicyclic) bond motifs is 1. The molecule has 1 N–H and O–H groups in total. The van der Waals surface area contributed by atoms with Crippen LogP contribution in [0.25, 0.3) is 16.7 Å². The van der Waals surface area contributed by atoms with Crippen molar-refractivity contribution in [1.82, 2.24) is 19.3 Å². The largest absolute Gasteiger partial charge is 0.457 e. The molecule has 5 aromatic rings. The molecule has 0 aliphatic rings. The first-order valence-corrected chi connectivity index (χ1v) is 11.2. The summed E-state index contributed by atoms with van der Waals surface area (Å²) in [5.41, 5.74) is 0.398. The molecule has 0 saturated carbocycles. The number of aromatic nitrogens is 4. The third-order valence-corrected chi connectivity index (χ3v) is 5.74. The minimum absolute atomic E-state index is 0.104. The molecule has 0 unspecified atom stereocenters. The summed E-state index contributed by atoms with van der Waals surface area (Å²) < 4.78 is 23.9. The summed E-state index contributed by atoms with van der Waals surface area (Å²) in [6.07, 6.45) is 4.88. The highest BCUT2D eigenvalue weighted by Crippen LogP contribution is 2.29. The molecule has 0 aliphatic carbocycles. The van der Waals surface area contributed by atoms with E-state index in [2.05, 4.69) is 31.3 Å². The second-order valence-corrected chi connectivity index (χ2v) is 8.54. The lowest BCUT2D eigenvalue weighted by Crippen LogP contribution is -2.25. The number of benzene rings is 2. The molecule has 5 rings (SSSR count). The van der Waals surface area contributed by atoms with Crippen LogP contribution in [0.2, 0.25) is 0 Å². The molecule has 35 heavy (non-hydrogen) atoms. The van der Waals surface area contributed by atoms with E-state index in [0.29, 0.717) is 21.7 Å². The van der Waals surface area contributed by atoms with Gasteiger partial charge in [0.1, 0.15) is 28.7 Å². The third kappa shape index (κ3) is 4.56. The highest BCUT2D eigenvalue weighted by Gasteiger charge is 2.15. The van der Waals surface area contributed by atoms with Crippen LogP contribution in [-0.2, 0) is 7.05 Å². The second-order valence-electron chi connectivity index (χ2n) is 7.62. The highest BCUT2D eigenvalue weighted by molar-refractivity contribution is 9.10. The number of halogens is 2. The van der Waals surface area contributed by atoms with Crippen molar-refractivity contribution in [1.29, 1.82) is 0 Å². The lowest BCUT2D eigenvalue weighted by atomic mass is 10.2. The number of hydrogen-bond donors (Lipinski definition) is 1. The van der Waals surface area contributed by atoms with Gasteiger partial charge in [-0.05, 0) is 54.6 Å². The predicted octanol–water partition coefficient (Wildman–Crippen LogP) is 5.07. The van der Waals surface area contributed by atoms with Gasteiger partial charge in [-0.2, -0.15) is 5.10 Å². The fraction of sp³-hybridized carbons (Fsp3) is 0.0400. The molecule has 10 heteroatoms. The van der Waals surface area contributed by atoms with E-state index in [-0.39, 0.29) is 11.4 Å². The van der Waals surface area contributed by atoms with E-state index in [1.165, 1.54) is 24.4 Å². The van der Waals surface area contributed by atoms with Gasteiger partial charge in [0.15, 0.2) is 5.69 Å². The molecular formula is C25H17BrFN5O3. The highest BCUT2D eigenvalue weighted by atomic mass is 79.9. The van der Waals surface area contributed by atoms with Crippen LogP contribution in [0.4, 0.5) is 10.1 Å². The number of nitrogens with one attached hydrogen (secondary N) is 1. The Morgan fingerprint density at radius 3 is 2.63 bits per heavy atom. The second kappa shape index (κ2) is 9.15. The molecule has 1 amide bonds. The molecule has 0 bridgehead atoms. The van der Waals surface area contributed by atoms with E-state index in [1.54, 1.807) is 42.6 Å². The monoisotopic (exact) mass is 533 g/mol. The Morgan fingerprint density at radius 1 is 1.06 bits per heavy atom. The Kier molecular flexibility index (Phi) is 5.87. The van der Waals surface area contributed by atoms with E-state index in [1.807, 2.05) is 23.9 Å². The van der Waals surface area contributed by atoms with Gasteiger partial charge >= 0.3 is 0 Å². The topological polar surface area (TPSA) is 91.0 Å². The molecule has 0 radical (unpaired) electrons. The Balaban J connectivity index is 1.34. The lowest BCUT2D eigenvalue weighted by molar-refractivity contribution is 0.101. The molecule has 174 valence electrons. The van der Waals surface area contributed by atoms with Crippen molar-refractivity contribution in [2.45, 2.75) is 0 Å². The summed E-state index contributed by atoms with van der Waals surface area (Å²) in [6.45, 7) is 0. The Bertz CT molecular complexity index is 1630. The van der Waals surface area contributed by atoms with Crippen molar-refractivity contribution in [2.75, 3.05) is 5.32 Å². The van der Waals surface area contributed by atoms with Gasteiger partial charge in [0.25, 0.3) is 5.91 Å². The van der Waals surface area contributed by atoms with Gasteiger partial charge in [-0.1, -0.05) is 15.9 Å². The molecule has 2 aromatic carbocycles. The molecule has 0 spiro atoms. The van der Waals surface area contributed by atoms with E-state index in [0.717, 1.165) is 15.7 Å². The molecule has 0 fully saturated rings.